The molecule has 154 valence electrons. The van der Waals surface area contributed by atoms with Crippen LogP contribution in [0.1, 0.15) is 44.5 Å². The van der Waals surface area contributed by atoms with Gasteiger partial charge in [0.2, 0.25) is 5.91 Å². The number of rotatable bonds is 3. The number of methoxy groups -OCH3 is 1. The van der Waals surface area contributed by atoms with E-state index in [-0.39, 0.29) is 17.8 Å². The number of nitrogens with zero attached hydrogens (tertiary/aromatic N) is 1. The lowest BCUT2D eigenvalue weighted by atomic mass is 10.0. The average molecular weight is 405 g/mol. The minimum absolute atomic E-state index is 0.0919. The third-order valence-corrected chi connectivity index (χ3v) is 5.48. The summed E-state index contributed by atoms with van der Waals surface area (Å²) in [6.45, 7) is 4.37. The minimum Gasteiger partial charge on any atom is -0.465 e. The molecule has 7 nitrogen and oxygen atoms in total. The highest BCUT2D eigenvalue weighted by Gasteiger charge is 2.25. The number of hydrogen-bond acceptors (Lipinski definition) is 4. The van der Waals surface area contributed by atoms with Crippen LogP contribution in [-0.4, -0.2) is 41.3 Å². The molecule has 0 aliphatic carbocycles. The Morgan fingerprint density at radius 2 is 1.87 bits per heavy atom. The van der Waals surface area contributed by atoms with Crippen LogP contribution in [0.4, 0.5) is 5.69 Å². The Morgan fingerprint density at radius 1 is 1.10 bits per heavy atom. The van der Waals surface area contributed by atoms with Crippen LogP contribution in [0.5, 0.6) is 0 Å². The fraction of sp³-hybridized carbons (Fsp3) is 0.261. The summed E-state index contributed by atoms with van der Waals surface area (Å²) in [5.41, 5.74) is 5.58. The fourth-order valence-electron chi connectivity index (χ4n) is 3.89. The Kier molecular flexibility index (Phi) is 5.03. The number of anilines is 1. The molecule has 0 spiro atoms. The topological polar surface area (TPSA) is 91.5 Å². The largest absolute Gasteiger partial charge is 0.465 e. The van der Waals surface area contributed by atoms with Gasteiger partial charge in [-0.15, -0.1) is 0 Å². The Balaban J connectivity index is 1.64. The van der Waals surface area contributed by atoms with Crippen molar-refractivity contribution in [2.75, 3.05) is 19.0 Å². The van der Waals surface area contributed by atoms with Crippen LogP contribution in [-0.2, 0) is 22.5 Å². The molecular weight excluding hydrogens is 382 g/mol. The molecule has 0 unspecified atom stereocenters. The smallest absolute Gasteiger partial charge is 0.337 e. The maximum absolute atomic E-state index is 13.2. The Hall–Kier alpha value is -3.61. The van der Waals surface area contributed by atoms with Crippen LogP contribution in [0, 0.1) is 6.92 Å². The second-order valence-corrected chi connectivity index (χ2v) is 7.52. The minimum atomic E-state index is -0.388. The molecule has 0 bridgehead atoms. The number of aryl methyl sites for hydroxylation is 1. The molecule has 2 N–H and O–H groups in total. The Labute approximate surface area is 174 Å². The first kappa shape index (κ1) is 19.7. The second-order valence-electron chi connectivity index (χ2n) is 7.52. The zero-order valence-electron chi connectivity index (χ0n) is 17.2. The molecule has 2 amide bonds. The van der Waals surface area contributed by atoms with E-state index in [4.69, 9.17) is 4.74 Å². The number of benzene rings is 2. The van der Waals surface area contributed by atoms with Crippen molar-refractivity contribution in [1.82, 2.24) is 9.88 Å². The highest BCUT2D eigenvalue weighted by Crippen LogP contribution is 2.30. The monoisotopic (exact) mass is 405 g/mol. The van der Waals surface area contributed by atoms with E-state index in [0.29, 0.717) is 36.3 Å². The van der Waals surface area contributed by atoms with E-state index in [1.165, 1.54) is 14.0 Å². The number of carbonyl (C=O) groups is 3. The number of H-pyrrole nitrogens is 1. The van der Waals surface area contributed by atoms with Crippen molar-refractivity contribution >= 4 is 34.4 Å². The van der Waals surface area contributed by atoms with E-state index in [9.17, 15) is 14.4 Å². The number of hydrogen-bond donors (Lipinski definition) is 2. The first-order valence-electron chi connectivity index (χ1n) is 9.76. The maximum Gasteiger partial charge on any atom is 0.337 e. The number of nitrogens with one attached hydrogen (secondary N) is 2. The third-order valence-electron chi connectivity index (χ3n) is 5.48. The third kappa shape index (κ3) is 3.54. The summed E-state index contributed by atoms with van der Waals surface area (Å²) in [6, 6.07) is 10.7. The number of fused-ring (bicyclic) bond motifs is 3. The fourth-order valence-corrected chi connectivity index (χ4v) is 3.89. The summed E-state index contributed by atoms with van der Waals surface area (Å²) in [7, 11) is 1.36. The average Bonchev–Trinajstić information content (AvgIpc) is 3.11. The quantitative estimate of drug-likeness (QED) is 0.653. The number of ether oxygens (including phenoxy) is 1. The van der Waals surface area contributed by atoms with Crippen molar-refractivity contribution < 1.29 is 19.1 Å². The van der Waals surface area contributed by atoms with Gasteiger partial charge in [-0.2, -0.15) is 0 Å². The summed E-state index contributed by atoms with van der Waals surface area (Å²) in [6.07, 6.45) is 0.702. The van der Waals surface area contributed by atoms with E-state index < -0.39 is 0 Å². The van der Waals surface area contributed by atoms with E-state index >= 15 is 0 Å². The van der Waals surface area contributed by atoms with Crippen LogP contribution < -0.4 is 5.32 Å². The highest BCUT2D eigenvalue weighted by molar-refractivity contribution is 5.99. The molecule has 30 heavy (non-hydrogen) atoms. The predicted molar refractivity (Wildman–Crippen MR) is 114 cm³/mol. The van der Waals surface area contributed by atoms with Crippen molar-refractivity contribution in [2.45, 2.75) is 26.8 Å². The lowest BCUT2D eigenvalue weighted by Gasteiger charge is -2.27. The van der Waals surface area contributed by atoms with Gasteiger partial charge in [-0.05, 0) is 42.8 Å². The van der Waals surface area contributed by atoms with Gasteiger partial charge in [0.05, 0.1) is 12.7 Å². The summed E-state index contributed by atoms with van der Waals surface area (Å²) in [4.78, 5) is 41.7. The zero-order chi connectivity index (χ0) is 21.4. The van der Waals surface area contributed by atoms with Gasteiger partial charge in [-0.1, -0.05) is 6.07 Å². The Bertz CT molecular complexity index is 1180. The first-order chi connectivity index (χ1) is 14.4. The molecule has 2 aromatic carbocycles. The molecule has 1 aromatic heterocycles. The van der Waals surface area contributed by atoms with Crippen molar-refractivity contribution in [3.8, 4) is 0 Å². The van der Waals surface area contributed by atoms with Crippen LogP contribution >= 0.6 is 0 Å². The van der Waals surface area contributed by atoms with Gasteiger partial charge in [0.15, 0.2) is 0 Å². The van der Waals surface area contributed by atoms with E-state index in [1.54, 1.807) is 23.1 Å². The van der Waals surface area contributed by atoms with Crippen LogP contribution in [0.15, 0.2) is 36.4 Å². The lowest BCUT2D eigenvalue weighted by molar-refractivity contribution is -0.114. The molecule has 4 rings (SSSR count). The molecular formula is C23H23N3O4. The van der Waals surface area contributed by atoms with E-state index in [0.717, 1.165) is 27.7 Å². The summed E-state index contributed by atoms with van der Waals surface area (Å²) >= 11 is 0. The van der Waals surface area contributed by atoms with Gasteiger partial charge in [-0.3, -0.25) is 9.59 Å². The van der Waals surface area contributed by atoms with Crippen molar-refractivity contribution in [2.24, 2.45) is 0 Å². The number of esters is 1. The van der Waals surface area contributed by atoms with E-state index in [1.807, 2.05) is 25.1 Å². The highest BCUT2D eigenvalue weighted by atomic mass is 16.5. The number of aromatic nitrogens is 1. The Morgan fingerprint density at radius 3 is 2.60 bits per heavy atom. The molecule has 0 radical (unpaired) electrons. The van der Waals surface area contributed by atoms with E-state index in [2.05, 4.69) is 10.3 Å². The van der Waals surface area contributed by atoms with Gasteiger partial charge >= 0.3 is 5.97 Å². The van der Waals surface area contributed by atoms with Crippen LogP contribution in [0.3, 0.4) is 0 Å². The molecule has 1 aliphatic rings. The van der Waals surface area contributed by atoms with Crippen molar-refractivity contribution in [3.05, 3.63) is 64.3 Å². The SMILES string of the molecule is COC(=O)c1ccc2[nH]c3c(c2c1)CN(C(=O)c1ccc(C)c(NC(C)=O)c1)CC3. The number of carbonyl (C=O) groups excluding carboxylic acids is 3. The van der Waals surface area contributed by atoms with Gasteiger partial charge in [0, 0.05) is 59.8 Å². The molecule has 7 heteroatoms. The first-order valence-corrected chi connectivity index (χ1v) is 9.76. The van der Waals surface area contributed by atoms with Gasteiger partial charge in [0.25, 0.3) is 5.91 Å². The maximum atomic E-state index is 13.2. The molecule has 0 saturated carbocycles. The summed E-state index contributed by atoms with van der Waals surface area (Å²) < 4.78 is 4.83. The molecule has 1 aliphatic heterocycles. The number of aromatic amines is 1. The van der Waals surface area contributed by atoms with Crippen molar-refractivity contribution in [1.29, 1.82) is 0 Å². The standard InChI is InChI=1S/C23H23N3O4/c1-13-4-5-15(11-21(13)24-14(2)27)22(28)26-9-8-20-18(12-26)17-10-16(23(29)30-3)6-7-19(17)25-20/h4-7,10-11,25H,8-9,12H2,1-3H3,(H,24,27). The molecule has 0 atom stereocenters. The summed E-state index contributed by atoms with van der Waals surface area (Å²) in [5, 5.41) is 3.70. The molecule has 0 fully saturated rings. The molecule has 3 aromatic rings. The normalized spacial score (nSPS) is 13.1. The molecule has 0 saturated heterocycles. The number of amides is 2. The van der Waals surface area contributed by atoms with Crippen LogP contribution in [0.25, 0.3) is 10.9 Å². The second kappa shape index (κ2) is 7.67. The van der Waals surface area contributed by atoms with Crippen LogP contribution in [0.2, 0.25) is 0 Å². The lowest BCUT2D eigenvalue weighted by Crippen LogP contribution is -2.35. The summed E-state index contributed by atoms with van der Waals surface area (Å²) in [5.74, 6) is -0.656. The van der Waals surface area contributed by atoms with Gasteiger partial charge < -0.3 is 19.9 Å². The van der Waals surface area contributed by atoms with Gasteiger partial charge in [0.1, 0.15) is 0 Å². The van der Waals surface area contributed by atoms with Gasteiger partial charge in [-0.25, -0.2) is 4.79 Å². The zero-order valence-corrected chi connectivity index (χ0v) is 17.2. The van der Waals surface area contributed by atoms with Crippen molar-refractivity contribution in [3.63, 3.8) is 0 Å². The predicted octanol–water partition coefficient (Wildman–Crippen LogP) is 3.42. The molecule has 2 heterocycles.